The summed E-state index contributed by atoms with van der Waals surface area (Å²) in [6.45, 7) is 9.93. The Hall–Kier alpha value is -2.41. The van der Waals surface area contributed by atoms with Crippen LogP contribution in [0.25, 0.3) is 0 Å². The number of nitrogens with zero attached hydrogens (tertiary/aromatic N) is 2. The number of carbonyl (C=O) groups excluding carboxylic acids is 3. The van der Waals surface area contributed by atoms with Gasteiger partial charge in [0.15, 0.2) is 0 Å². The molecule has 0 aromatic heterocycles. The van der Waals surface area contributed by atoms with Crippen LogP contribution in [0.3, 0.4) is 0 Å². The lowest BCUT2D eigenvalue weighted by atomic mass is 10.1. The molecule has 2 rings (SSSR count). The summed E-state index contributed by atoms with van der Waals surface area (Å²) < 4.78 is 4.97. The molecule has 0 saturated heterocycles. The van der Waals surface area contributed by atoms with Crippen molar-refractivity contribution in [2.75, 3.05) is 38.1 Å². The molecule has 1 saturated carbocycles. The second-order valence-electron chi connectivity index (χ2n) is 8.25. The number of benzene rings is 1. The number of aryl methyl sites for hydroxylation is 2. The molecule has 0 bridgehead atoms. The quantitative estimate of drug-likeness (QED) is 0.485. The average Bonchev–Trinajstić information content (AvgIpc) is 3.56. The standard InChI is InChI=1S/C24H37N3O4/c1-5-13-26(15-12-24(30)31-6-2)23(29)11-14-27(20-9-10-20)17-22(28)25-21-16-18(3)7-8-19(21)4/h7-8,16,20H,5-6,9-15,17H2,1-4H3,(H,25,28). The molecule has 0 atom stereocenters. The first-order valence-electron chi connectivity index (χ1n) is 11.4. The van der Waals surface area contributed by atoms with Gasteiger partial charge in [-0.1, -0.05) is 19.1 Å². The van der Waals surface area contributed by atoms with Crippen molar-refractivity contribution in [2.45, 2.75) is 65.8 Å². The summed E-state index contributed by atoms with van der Waals surface area (Å²) in [4.78, 5) is 40.9. The fourth-order valence-corrected chi connectivity index (χ4v) is 3.56. The summed E-state index contributed by atoms with van der Waals surface area (Å²) in [7, 11) is 0. The van der Waals surface area contributed by atoms with Gasteiger partial charge < -0.3 is 15.0 Å². The molecule has 1 aromatic carbocycles. The maximum Gasteiger partial charge on any atom is 0.307 e. The van der Waals surface area contributed by atoms with E-state index in [0.29, 0.717) is 38.7 Å². The molecule has 7 nitrogen and oxygen atoms in total. The second-order valence-corrected chi connectivity index (χ2v) is 8.25. The molecule has 31 heavy (non-hydrogen) atoms. The number of anilines is 1. The van der Waals surface area contributed by atoms with Gasteiger partial charge in [0.05, 0.1) is 19.6 Å². The highest BCUT2D eigenvalue weighted by atomic mass is 16.5. The Labute approximate surface area is 186 Å². The maximum absolute atomic E-state index is 12.8. The van der Waals surface area contributed by atoms with Crippen LogP contribution in [0.4, 0.5) is 5.69 Å². The van der Waals surface area contributed by atoms with Crippen LogP contribution in [0.1, 0.15) is 57.1 Å². The topological polar surface area (TPSA) is 79.0 Å². The Balaban J connectivity index is 1.87. The largest absolute Gasteiger partial charge is 0.466 e. The molecule has 1 N–H and O–H groups in total. The lowest BCUT2D eigenvalue weighted by Gasteiger charge is -2.25. The van der Waals surface area contributed by atoms with Crippen molar-refractivity contribution < 1.29 is 19.1 Å². The Morgan fingerprint density at radius 2 is 1.81 bits per heavy atom. The number of carbonyl (C=O) groups is 3. The van der Waals surface area contributed by atoms with Crippen molar-refractivity contribution in [3.8, 4) is 0 Å². The molecule has 1 aliphatic carbocycles. The molecule has 0 spiro atoms. The lowest BCUT2D eigenvalue weighted by molar-refractivity contribution is -0.144. The Morgan fingerprint density at radius 1 is 1.06 bits per heavy atom. The average molecular weight is 432 g/mol. The van der Waals surface area contributed by atoms with Gasteiger partial charge in [-0.2, -0.15) is 0 Å². The van der Waals surface area contributed by atoms with Crippen molar-refractivity contribution >= 4 is 23.5 Å². The van der Waals surface area contributed by atoms with Crippen LogP contribution < -0.4 is 5.32 Å². The van der Waals surface area contributed by atoms with Gasteiger partial charge in [0, 0.05) is 37.8 Å². The summed E-state index contributed by atoms with van der Waals surface area (Å²) in [5.41, 5.74) is 2.97. The van der Waals surface area contributed by atoms with Gasteiger partial charge in [0.2, 0.25) is 11.8 Å². The first-order chi connectivity index (χ1) is 14.8. The minimum absolute atomic E-state index is 0.0201. The predicted octanol–water partition coefficient (Wildman–Crippen LogP) is 3.29. The third-order valence-electron chi connectivity index (χ3n) is 5.43. The molecule has 0 heterocycles. The molecular formula is C24H37N3O4. The van der Waals surface area contributed by atoms with E-state index in [2.05, 4.69) is 10.2 Å². The van der Waals surface area contributed by atoms with E-state index >= 15 is 0 Å². The highest BCUT2D eigenvalue weighted by Gasteiger charge is 2.31. The predicted molar refractivity (Wildman–Crippen MR) is 122 cm³/mol. The molecule has 2 amide bonds. The van der Waals surface area contributed by atoms with Crippen molar-refractivity contribution in [1.29, 1.82) is 0 Å². The number of hydrogen-bond acceptors (Lipinski definition) is 5. The van der Waals surface area contributed by atoms with Crippen LogP contribution in [0.15, 0.2) is 18.2 Å². The fraction of sp³-hybridized carbons (Fsp3) is 0.625. The summed E-state index contributed by atoms with van der Waals surface area (Å²) in [5.74, 6) is -0.313. The van der Waals surface area contributed by atoms with Gasteiger partial charge in [-0.15, -0.1) is 0 Å². The summed E-state index contributed by atoms with van der Waals surface area (Å²) >= 11 is 0. The van der Waals surface area contributed by atoms with Crippen molar-refractivity contribution in [2.24, 2.45) is 0 Å². The number of hydrogen-bond donors (Lipinski definition) is 1. The van der Waals surface area contributed by atoms with Gasteiger partial charge in [-0.3, -0.25) is 19.3 Å². The normalized spacial score (nSPS) is 13.2. The highest BCUT2D eigenvalue weighted by Crippen LogP contribution is 2.27. The summed E-state index contributed by atoms with van der Waals surface area (Å²) in [5, 5.41) is 3.01. The molecular weight excluding hydrogens is 394 g/mol. The molecule has 1 fully saturated rings. The number of esters is 1. The smallest absolute Gasteiger partial charge is 0.307 e. The number of amides is 2. The van der Waals surface area contributed by atoms with E-state index in [9.17, 15) is 14.4 Å². The molecule has 1 aromatic rings. The third kappa shape index (κ3) is 8.69. The number of ether oxygens (including phenoxy) is 1. The van der Waals surface area contributed by atoms with Gasteiger partial charge >= 0.3 is 5.97 Å². The minimum atomic E-state index is -0.279. The second kappa shape index (κ2) is 12.4. The van der Waals surface area contributed by atoms with E-state index in [4.69, 9.17) is 4.74 Å². The Kier molecular flexibility index (Phi) is 9.98. The van der Waals surface area contributed by atoms with E-state index in [1.165, 1.54) is 0 Å². The van der Waals surface area contributed by atoms with E-state index in [0.717, 1.165) is 36.1 Å². The molecule has 0 unspecified atom stereocenters. The van der Waals surface area contributed by atoms with Gasteiger partial charge in [-0.05, 0) is 57.2 Å². The Morgan fingerprint density at radius 3 is 2.45 bits per heavy atom. The zero-order valence-corrected chi connectivity index (χ0v) is 19.4. The van der Waals surface area contributed by atoms with E-state index in [1.54, 1.807) is 11.8 Å². The van der Waals surface area contributed by atoms with Crippen LogP contribution in [-0.2, 0) is 19.1 Å². The van der Waals surface area contributed by atoms with Gasteiger partial charge in [0.25, 0.3) is 0 Å². The van der Waals surface area contributed by atoms with E-state index < -0.39 is 0 Å². The number of nitrogens with one attached hydrogen (secondary N) is 1. The minimum Gasteiger partial charge on any atom is -0.466 e. The van der Waals surface area contributed by atoms with Crippen molar-refractivity contribution in [3.63, 3.8) is 0 Å². The molecule has 172 valence electrons. The van der Waals surface area contributed by atoms with E-state index in [-0.39, 0.29) is 30.7 Å². The van der Waals surface area contributed by atoms with Crippen molar-refractivity contribution in [1.82, 2.24) is 9.80 Å². The Bertz CT molecular complexity index is 761. The van der Waals surface area contributed by atoms with Crippen molar-refractivity contribution in [3.05, 3.63) is 29.3 Å². The molecule has 0 aliphatic heterocycles. The zero-order valence-electron chi connectivity index (χ0n) is 19.4. The van der Waals surface area contributed by atoms with Crippen LogP contribution in [0, 0.1) is 13.8 Å². The summed E-state index contributed by atoms with van der Waals surface area (Å²) in [6.07, 6.45) is 3.51. The maximum atomic E-state index is 12.8. The fourth-order valence-electron chi connectivity index (χ4n) is 3.56. The lowest BCUT2D eigenvalue weighted by Crippen LogP contribution is -2.39. The highest BCUT2D eigenvalue weighted by molar-refractivity contribution is 5.93. The zero-order chi connectivity index (χ0) is 22.8. The van der Waals surface area contributed by atoms with Gasteiger partial charge in [0.1, 0.15) is 0 Å². The molecule has 0 radical (unpaired) electrons. The van der Waals surface area contributed by atoms with Gasteiger partial charge in [-0.25, -0.2) is 0 Å². The first-order valence-corrected chi connectivity index (χ1v) is 11.4. The molecule has 7 heteroatoms. The summed E-state index contributed by atoms with van der Waals surface area (Å²) in [6, 6.07) is 6.37. The molecule has 1 aliphatic rings. The number of rotatable bonds is 13. The third-order valence-corrected chi connectivity index (χ3v) is 5.43. The first kappa shape index (κ1) is 24.9. The monoisotopic (exact) mass is 431 g/mol. The van der Waals surface area contributed by atoms with Crippen LogP contribution in [0.2, 0.25) is 0 Å². The SMILES string of the molecule is CCCN(CCC(=O)OCC)C(=O)CCN(CC(=O)Nc1cc(C)ccc1C)C1CC1. The van der Waals surface area contributed by atoms with Crippen LogP contribution >= 0.6 is 0 Å². The van der Waals surface area contributed by atoms with Crippen LogP contribution in [-0.4, -0.2) is 66.4 Å². The van der Waals surface area contributed by atoms with Crippen LogP contribution in [0.5, 0.6) is 0 Å². The van der Waals surface area contributed by atoms with E-state index in [1.807, 2.05) is 39.0 Å².